The van der Waals surface area contributed by atoms with E-state index in [9.17, 15) is 4.79 Å². The van der Waals surface area contributed by atoms with Crippen molar-refractivity contribution in [3.05, 3.63) is 24.5 Å². The number of rotatable bonds is 3. The molecule has 1 fully saturated rings. The third-order valence-electron chi connectivity index (χ3n) is 2.51. The zero-order valence-corrected chi connectivity index (χ0v) is 8.43. The lowest BCUT2D eigenvalue weighted by atomic mass is 10.2. The molecule has 1 saturated heterocycles. The molecule has 3 N–H and O–H groups in total. The molecular weight excluding hydrogens is 194 g/mol. The number of hydrogen-bond acceptors (Lipinski definition) is 3. The van der Waals surface area contributed by atoms with Gasteiger partial charge in [-0.15, -0.1) is 0 Å². The van der Waals surface area contributed by atoms with E-state index in [-0.39, 0.29) is 18.1 Å². The third-order valence-corrected chi connectivity index (χ3v) is 2.51. The highest BCUT2D eigenvalue weighted by molar-refractivity contribution is 5.88. The van der Waals surface area contributed by atoms with Gasteiger partial charge in [-0.05, 0) is 25.0 Å². The van der Waals surface area contributed by atoms with Crippen molar-refractivity contribution in [2.75, 3.05) is 12.0 Å². The van der Waals surface area contributed by atoms with Gasteiger partial charge in [0.15, 0.2) is 0 Å². The van der Waals surface area contributed by atoms with Gasteiger partial charge in [0.05, 0.1) is 6.10 Å². The summed E-state index contributed by atoms with van der Waals surface area (Å²) in [5.74, 6) is -0.109. The highest BCUT2D eigenvalue weighted by Crippen LogP contribution is 2.18. The van der Waals surface area contributed by atoms with Crippen LogP contribution < -0.4 is 11.2 Å². The second-order valence-corrected chi connectivity index (χ2v) is 3.63. The van der Waals surface area contributed by atoms with Crippen LogP contribution >= 0.6 is 0 Å². The molecule has 0 saturated carbocycles. The lowest BCUT2D eigenvalue weighted by Crippen LogP contribution is -2.33. The number of nitrogens with one attached hydrogen (secondary N) is 1. The van der Waals surface area contributed by atoms with Crippen LogP contribution in [-0.4, -0.2) is 29.3 Å². The predicted octanol–water partition coefficient (Wildman–Crippen LogP) is 0.0645. The Bertz CT molecular complexity index is 323. The van der Waals surface area contributed by atoms with Gasteiger partial charge in [0.2, 0.25) is 0 Å². The highest BCUT2D eigenvalue weighted by atomic mass is 16.5. The summed E-state index contributed by atoms with van der Waals surface area (Å²) < 4.78 is 7.08. The van der Waals surface area contributed by atoms with E-state index in [0.29, 0.717) is 6.54 Å². The van der Waals surface area contributed by atoms with Crippen molar-refractivity contribution in [2.24, 2.45) is 5.73 Å². The van der Waals surface area contributed by atoms with E-state index < -0.39 is 0 Å². The molecule has 1 aliphatic heterocycles. The van der Waals surface area contributed by atoms with Gasteiger partial charge < -0.3 is 10.5 Å². The van der Waals surface area contributed by atoms with E-state index in [0.717, 1.165) is 12.8 Å². The summed E-state index contributed by atoms with van der Waals surface area (Å²) in [6, 6.07) is 3.69. The van der Waals surface area contributed by atoms with Crippen molar-refractivity contribution in [1.29, 1.82) is 0 Å². The Morgan fingerprint density at radius 1 is 1.47 bits per heavy atom. The second-order valence-electron chi connectivity index (χ2n) is 3.63. The van der Waals surface area contributed by atoms with E-state index >= 15 is 0 Å². The minimum atomic E-state index is -0.360. The summed E-state index contributed by atoms with van der Waals surface area (Å²) in [5.41, 5.74) is 8.19. The standard InChI is InChI=1S/C10H15N3O2/c11-7-8-3-4-9(15-8)10(14)12-13-5-1-2-6-13/h1-2,5-6,8-9H,3-4,7,11H2,(H,12,14). The van der Waals surface area contributed by atoms with E-state index in [1.54, 1.807) is 17.1 Å². The molecule has 2 rings (SSSR count). The minimum absolute atomic E-state index is 0.0328. The van der Waals surface area contributed by atoms with Crippen LogP contribution in [-0.2, 0) is 9.53 Å². The Morgan fingerprint density at radius 3 is 2.80 bits per heavy atom. The largest absolute Gasteiger partial charge is 0.364 e. The molecule has 15 heavy (non-hydrogen) atoms. The van der Waals surface area contributed by atoms with E-state index in [1.165, 1.54) is 0 Å². The molecule has 0 aliphatic carbocycles. The summed E-state index contributed by atoms with van der Waals surface area (Å²) in [5, 5.41) is 0. The molecule has 1 aromatic rings. The molecule has 1 amide bonds. The summed E-state index contributed by atoms with van der Waals surface area (Å²) >= 11 is 0. The Hall–Kier alpha value is -1.33. The van der Waals surface area contributed by atoms with Crippen LogP contribution in [0.2, 0.25) is 0 Å². The molecule has 82 valence electrons. The van der Waals surface area contributed by atoms with Gasteiger partial charge in [0.1, 0.15) is 6.10 Å². The maximum Gasteiger partial charge on any atom is 0.267 e. The first-order chi connectivity index (χ1) is 7.29. The Kier molecular flexibility index (Phi) is 3.03. The maximum absolute atomic E-state index is 11.7. The normalized spacial score (nSPS) is 25.4. The molecule has 2 heterocycles. The van der Waals surface area contributed by atoms with Gasteiger partial charge in [0, 0.05) is 18.9 Å². The molecule has 0 radical (unpaired) electrons. The van der Waals surface area contributed by atoms with Crippen LogP contribution in [0.15, 0.2) is 24.5 Å². The lowest BCUT2D eigenvalue weighted by molar-refractivity contribution is -0.127. The maximum atomic E-state index is 11.7. The predicted molar refractivity (Wildman–Crippen MR) is 55.7 cm³/mol. The minimum Gasteiger partial charge on any atom is -0.364 e. The van der Waals surface area contributed by atoms with Gasteiger partial charge in [0.25, 0.3) is 5.91 Å². The molecule has 2 atom stereocenters. The fraction of sp³-hybridized carbons (Fsp3) is 0.500. The fourth-order valence-electron chi connectivity index (χ4n) is 1.68. The van der Waals surface area contributed by atoms with Gasteiger partial charge in [-0.25, -0.2) is 0 Å². The number of aromatic nitrogens is 1. The van der Waals surface area contributed by atoms with Gasteiger partial charge in [-0.1, -0.05) is 0 Å². The number of ether oxygens (including phenoxy) is 1. The monoisotopic (exact) mass is 209 g/mol. The first-order valence-corrected chi connectivity index (χ1v) is 5.09. The number of nitrogens with zero attached hydrogens (tertiary/aromatic N) is 1. The lowest BCUT2D eigenvalue weighted by Gasteiger charge is -2.12. The van der Waals surface area contributed by atoms with Crippen LogP contribution in [0, 0.1) is 0 Å². The molecule has 0 bridgehead atoms. The molecule has 1 aromatic heterocycles. The summed E-state index contributed by atoms with van der Waals surface area (Å²) in [7, 11) is 0. The van der Waals surface area contributed by atoms with Crippen LogP contribution in [0.1, 0.15) is 12.8 Å². The number of amides is 1. The number of hydrogen-bond donors (Lipinski definition) is 2. The number of nitrogens with two attached hydrogens (primary N) is 1. The smallest absolute Gasteiger partial charge is 0.267 e. The molecule has 5 nitrogen and oxygen atoms in total. The summed E-state index contributed by atoms with van der Waals surface area (Å²) in [6.45, 7) is 0.479. The number of carbonyl (C=O) groups is 1. The Balaban J connectivity index is 1.87. The molecule has 5 heteroatoms. The van der Waals surface area contributed by atoms with Crippen LogP contribution in [0.4, 0.5) is 0 Å². The van der Waals surface area contributed by atoms with Crippen molar-refractivity contribution in [3.8, 4) is 0 Å². The van der Waals surface area contributed by atoms with Crippen molar-refractivity contribution in [1.82, 2.24) is 4.68 Å². The van der Waals surface area contributed by atoms with Crippen LogP contribution in [0.3, 0.4) is 0 Å². The van der Waals surface area contributed by atoms with Crippen LogP contribution in [0.25, 0.3) is 0 Å². The highest BCUT2D eigenvalue weighted by Gasteiger charge is 2.29. The van der Waals surface area contributed by atoms with Crippen molar-refractivity contribution in [3.63, 3.8) is 0 Å². The van der Waals surface area contributed by atoms with Crippen molar-refractivity contribution < 1.29 is 9.53 Å². The fourth-order valence-corrected chi connectivity index (χ4v) is 1.68. The average molecular weight is 209 g/mol. The van der Waals surface area contributed by atoms with Gasteiger partial charge in [-0.2, -0.15) is 0 Å². The zero-order chi connectivity index (χ0) is 10.7. The molecule has 1 aliphatic rings. The van der Waals surface area contributed by atoms with E-state index in [2.05, 4.69) is 5.43 Å². The van der Waals surface area contributed by atoms with Crippen molar-refractivity contribution >= 4 is 5.91 Å². The summed E-state index contributed by atoms with van der Waals surface area (Å²) in [6.07, 6.45) is 4.82. The molecule has 0 aromatic carbocycles. The Morgan fingerprint density at radius 2 is 2.20 bits per heavy atom. The molecule has 2 unspecified atom stereocenters. The van der Waals surface area contributed by atoms with Crippen molar-refractivity contribution in [2.45, 2.75) is 25.0 Å². The molecule has 0 spiro atoms. The second kappa shape index (κ2) is 4.46. The zero-order valence-electron chi connectivity index (χ0n) is 8.43. The Labute approximate surface area is 88.2 Å². The third kappa shape index (κ3) is 2.37. The van der Waals surface area contributed by atoms with Gasteiger partial charge in [-0.3, -0.25) is 14.9 Å². The molecular formula is C10H15N3O2. The summed E-state index contributed by atoms with van der Waals surface area (Å²) in [4.78, 5) is 11.7. The van der Waals surface area contributed by atoms with E-state index in [4.69, 9.17) is 10.5 Å². The first-order valence-electron chi connectivity index (χ1n) is 5.09. The first kappa shape index (κ1) is 10.2. The quantitative estimate of drug-likeness (QED) is 0.739. The van der Waals surface area contributed by atoms with Gasteiger partial charge >= 0.3 is 0 Å². The topological polar surface area (TPSA) is 69.3 Å². The SMILES string of the molecule is NCC1CCC(C(=O)Nn2cccc2)O1. The average Bonchev–Trinajstić information content (AvgIpc) is 2.86. The van der Waals surface area contributed by atoms with Crippen LogP contribution in [0.5, 0.6) is 0 Å². The van der Waals surface area contributed by atoms with E-state index in [1.807, 2.05) is 12.1 Å². The number of carbonyl (C=O) groups excluding carboxylic acids is 1.